The van der Waals surface area contributed by atoms with Crippen LogP contribution in [0.2, 0.25) is 5.02 Å². The largest absolute Gasteiger partial charge is 0.464 e. The van der Waals surface area contributed by atoms with Crippen LogP contribution in [0.3, 0.4) is 0 Å². The van der Waals surface area contributed by atoms with Gasteiger partial charge in [0, 0.05) is 23.6 Å². The number of carbonyl (C=O) groups excluding carboxylic acids is 3. The molecule has 29 heavy (non-hydrogen) atoms. The molecule has 1 aromatic rings. The second kappa shape index (κ2) is 10.7. The Morgan fingerprint density at radius 1 is 1.28 bits per heavy atom. The van der Waals surface area contributed by atoms with Crippen molar-refractivity contribution in [3.8, 4) is 0 Å². The maximum absolute atomic E-state index is 13.3. The van der Waals surface area contributed by atoms with Crippen LogP contribution in [0, 0.1) is 5.92 Å². The fourth-order valence-electron chi connectivity index (χ4n) is 3.70. The minimum atomic E-state index is -1.49. The molecule has 3 unspecified atom stereocenters. The zero-order valence-electron chi connectivity index (χ0n) is 16.9. The number of amides is 2. The van der Waals surface area contributed by atoms with E-state index in [4.69, 9.17) is 16.3 Å². The minimum Gasteiger partial charge on any atom is -0.464 e. The second-order valence-electron chi connectivity index (χ2n) is 6.95. The Bertz CT molecular complexity index is 771. The Morgan fingerprint density at radius 3 is 2.48 bits per heavy atom. The topological polar surface area (TPSA) is 92.8 Å². The molecule has 1 fully saturated rings. The Balaban J connectivity index is 2.34. The number of hydrogen-bond acceptors (Lipinski definition) is 5. The van der Waals surface area contributed by atoms with Gasteiger partial charge in [0.2, 0.25) is 11.8 Å². The van der Waals surface area contributed by atoms with Crippen molar-refractivity contribution in [2.24, 2.45) is 5.92 Å². The van der Waals surface area contributed by atoms with Crippen molar-refractivity contribution in [1.82, 2.24) is 9.62 Å². The average Bonchev–Trinajstić information content (AvgIpc) is 2.65. The van der Waals surface area contributed by atoms with E-state index in [0.29, 0.717) is 24.3 Å². The van der Waals surface area contributed by atoms with Crippen molar-refractivity contribution in [2.75, 3.05) is 12.9 Å². The number of rotatable bonds is 8. The van der Waals surface area contributed by atoms with Crippen LogP contribution in [0.25, 0.3) is 0 Å². The Kier molecular flexibility index (Phi) is 8.64. The quantitative estimate of drug-likeness (QED) is 0.625. The first kappa shape index (κ1) is 23.3. The van der Waals surface area contributed by atoms with Crippen molar-refractivity contribution < 1.29 is 23.3 Å². The van der Waals surface area contributed by atoms with Gasteiger partial charge < -0.3 is 9.64 Å². The molecule has 0 radical (unpaired) electrons. The lowest BCUT2D eigenvalue weighted by atomic mass is 9.85. The van der Waals surface area contributed by atoms with Gasteiger partial charge in [0.15, 0.2) is 0 Å². The summed E-state index contributed by atoms with van der Waals surface area (Å²) in [5.74, 6) is -1.75. The molecule has 1 saturated heterocycles. The minimum absolute atomic E-state index is 0.0679. The molecule has 0 bridgehead atoms. The van der Waals surface area contributed by atoms with E-state index in [2.05, 4.69) is 4.72 Å². The highest BCUT2D eigenvalue weighted by Crippen LogP contribution is 2.38. The van der Waals surface area contributed by atoms with Crippen LogP contribution < -0.4 is 4.72 Å². The molecule has 7 nitrogen and oxygen atoms in total. The summed E-state index contributed by atoms with van der Waals surface area (Å²) in [4.78, 5) is 39.5. The first-order valence-electron chi connectivity index (χ1n) is 9.65. The Labute approximate surface area is 178 Å². The second-order valence-corrected chi connectivity index (χ2v) is 8.50. The van der Waals surface area contributed by atoms with Crippen molar-refractivity contribution in [3.05, 3.63) is 34.9 Å². The summed E-state index contributed by atoms with van der Waals surface area (Å²) in [7, 11) is -1.49. The summed E-state index contributed by atoms with van der Waals surface area (Å²) in [6.45, 7) is 3.76. The van der Waals surface area contributed by atoms with Crippen LogP contribution >= 0.6 is 11.6 Å². The van der Waals surface area contributed by atoms with Gasteiger partial charge in [-0.1, -0.05) is 30.7 Å². The summed E-state index contributed by atoms with van der Waals surface area (Å²) in [5, 5.41) is 0.585. The number of benzene rings is 1. The third kappa shape index (κ3) is 6.02. The highest BCUT2D eigenvalue weighted by Gasteiger charge is 2.42. The van der Waals surface area contributed by atoms with Crippen molar-refractivity contribution in [2.45, 2.75) is 51.6 Å². The number of ether oxygens (including phenoxy) is 1. The van der Waals surface area contributed by atoms with Crippen molar-refractivity contribution in [3.63, 3.8) is 0 Å². The molecule has 9 heteroatoms. The smallest absolute Gasteiger partial charge is 0.328 e. The molecule has 1 heterocycles. The standard InChI is InChI=1S/C20H27ClN2O5S/c1-4-16(20(26)28-5-2)23-17(13-6-9-15(21)10-7-13)11-8-14(19(23)25)12-18(24)22-29(3)27/h6-7,9-10,14,16-17H,4-5,8,11-12H2,1-3H3,(H,22,24)/t14?,16?,17-,29?/m0/s1. The van der Waals surface area contributed by atoms with Gasteiger partial charge in [0.25, 0.3) is 0 Å². The molecule has 1 aliphatic heterocycles. The fourth-order valence-corrected chi connectivity index (χ4v) is 4.23. The molecular formula is C20H27ClN2O5S. The number of nitrogens with one attached hydrogen (secondary N) is 1. The molecule has 0 spiro atoms. The predicted molar refractivity (Wildman–Crippen MR) is 111 cm³/mol. The summed E-state index contributed by atoms with van der Waals surface area (Å²) in [6.07, 6.45) is 2.77. The van der Waals surface area contributed by atoms with E-state index in [1.165, 1.54) is 6.26 Å². The van der Waals surface area contributed by atoms with Gasteiger partial charge in [-0.05, 0) is 43.9 Å². The molecule has 0 aromatic heterocycles. The number of halogens is 1. The number of likely N-dealkylation sites (tertiary alicyclic amines) is 1. The molecule has 0 aliphatic carbocycles. The van der Waals surface area contributed by atoms with Gasteiger partial charge in [-0.25, -0.2) is 9.00 Å². The fraction of sp³-hybridized carbons (Fsp3) is 0.550. The number of nitrogens with zero attached hydrogens (tertiary/aromatic N) is 1. The highest BCUT2D eigenvalue weighted by molar-refractivity contribution is 7.82. The van der Waals surface area contributed by atoms with E-state index in [0.717, 1.165) is 5.56 Å². The van der Waals surface area contributed by atoms with Gasteiger partial charge >= 0.3 is 5.97 Å². The van der Waals surface area contributed by atoms with E-state index in [1.807, 2.05) is 19.1 Å². The van der Waals surface area contributed by atoms with E-state index in [9.17, 15) is 18.6 Å². The van der Waals surface area contributed by atoms with Gasteiger partial charge in [-0.2, -0.15) is 0 Å². The van der Waals surface area contributed by atoms with E-state index in [1.54, 1.807) is 24.0 Å². The Hall–Kier alpha value is -1.93. The molecule has 1 aliphatic rings. The van der Waals surface area contributed by atoms with Gasteiger partial charge in [0.1, 0.15) is 17.0 Å². The maximum atomic E-state index is 13.3. The van der Waals surface area contributed by atoms with Gasteiger partial charge in [-0.3, -0.25) is 14.3 Å². The first-order chi connectivity index (χ1) is 13.8. The summed E-state index contributed by atoms with van der Waals surface area (Å²) in [5.41, 5.74) is 0.878. The third-order valence-electron chi connectivity index (χ3n) is 4.95. The zero-order valence-corrected chi connectivity index (χ0v) is 18.4. The third-order valence-corrected chi connectivity index (χ3v) is 5.72. The molecule has 0 saturated carbocycles. The molecule has 2 amide bonds. The van der Waals surface area contributed by atoms with E-state index >= 15 is 0 Å². The number of carbonyl (C=O) groups is 3. The van der Waals surface area contributed by atoms with E-state index < -0.39 is 34.8 Å². The van der Waals surface area contributed by atoms with Crippen LogP contribution in [0.4, 0.5) is 0 Å². The molecular weight excluding hydrogens is 416 g/mol. The number of esters is 1. The lowest BCUT2D eigenvalue weighted by molar-refractivity contribution is -0.162. The van der Waals surface area contributed by atoms with Gasteiger partial charge in [0.05, 0.1) is 12.6 Å². The molecule has 4 atom stereocenters. The lowest BCUT2D eigenvalue weighted by Gasteiger charge is -2.43. The van der Waals surface area contributed by atoms with Crippen LogP contribution in [-0.4, -0.2) is 45.8 Å². The summed E-state index contributed by atoms with van der Waals surface area (Å²) >= 11 is 6.00. The predicted octanol–water partition coefficient (Wildman–Crippen LogP) is 2.76. The monoisotopic (exact) mass is 442 g/mol. The molecule has 1 aromatic carbocycles. The van der Waals surface area contributed by atoms with Crippen molar-refractivity contribution >= 4 is 40.4 Å². The number of piperidine rings is 1. The number of hydrogen-bond donors (Lipinski definition) is 1. The molecule has 1 N–H and O–H groups in total. The van der Waals surface area contributed by atoms with Crippen molar-refractivity contribution in [1.29, 1.82) is 0 Å². The lowest BCUT2D eigenvalue weighted by Crippen LogP contribution is -2.52. The van der Waals surface area contributed by atoms with Crippen LogP contribution in [-0.2, 0) is 30.1 Å². The van der Waals surface area contributed by atoms with Crippen LogP contribution in [0.5, 0.6) is 0 Å². The van der Waals surface area contributed by atoms with Crippen LogP contribution in [0.1, 0.15) is 51.1 Å². The summed E-state index contributed by atoms with van der Waals surface area (Å²) in [6, 6.07) is 6.14. The zero-order chi connectivity index (χ0) is 21.6. The molecule has 160 valence electrons. The van der Waals surface area contributed by atoms with Gasteiger partial charge in [-0.15, -0.1) is 0 Å². The molecule has 2 rings (SSSR count). The first-order valence-corrected chi connectivity index (χ1v) is 11.6. The Morgan fingerprint density at radius 2 is 1.93 bits per heavy atom. The maximum Gasteiger partial charge on any atom is 0.328 e. The average molecular weight is 443 g/mol. The van der Waals surface area contributed by atoms with Crippen LogP contribution in [0.15, 0.2) is 24.3 Å². The normalized spacial score (nSPS) is 21.4. The summed E-state index contributed by atoms with van der Waals surface area (Å²) < 4.78 is 18.7. The SMILES string of the molecule is CCOC(=O)C(CC)N1C(=O)C(CC(=O)NS(C)=O)CC[C@H]1c1ccc(Cl)cc1. The highest BCUT2D eigenvalue weighted by atomic mass is 35.5. The van der Waals surface area contributed by atoms with E-state index in [-0.39, 0.29) is 25.0 Å².